The van der Waals surface area contributed by atoms with Crippen molar-refractivity contribution < 1.29 is 9.26 Å². The van der Waals surface area contributed by atoms with Crippen molar-refractivity contribution in [1.82, 2.24) is 20.1 Å². The summed E-state index contributed by atoms with van der Waals surface area (Å²) in [5.74, 6) is 2.37. The minimum absolute atomic E-state index is 0.159. The van der Waals surface area contributed by atoms with Crippen LogP contribution in [0.4, 0.5) is 11.8 Å². The second-order valence-corrected chi connectivity index (χ2v) is 3.56. The van der Waals surface area contributed by atoms with Crippen molar-refractivity contribution in [2.24, 2.45) is 0 Å². The quantitative estimate of drug-likeness (QED) is 0.784. The minimum atomic E-state index is 0.159. The molecule has 0 radical (unpaired) electrons. The maximum atomic E-state index is 5.54. The average molecular weight is 250 g/mol. The molecule has 96 valence electrons. The zero-order valence-corrected chi connectivity index (χ0v) is 10.2. The maximum absolute atomic E-state index is 5.54. The molecule has 0 aliphatic rings. The van der Waals surface area contributed by atoms with E-state index >= 15 is 0 Å². The summed E-state index contributed by atoms with van der Waals surface area (Å²) in [6.45, 7) is 2.36. The van der Waals surface area contributed by atoms with Crippen LogP contribution in [0.2, 0.25) is 0 Å². The smallest absolute Gasteiger partial charge is 0.225 e. The zero-order chi connectivity index (χ0) is 13.0. The number of aryl methyl sites for hydroxylation is 1. The van der Waals surface area contributed by atoms with Gasteiger partial charge in [-0.05, 0) is 0 Å². The Labute approximate surface area is 104 Å². The molecule has 3 N–H and O–H groups in total. The Kier molecular flexibility index (Phi) is 3.56. The number of ether oxygens (including phenoxy) is 1. The topological polar surface area (TPSA) is 112 Å². The molecule has 18 heavy (non-hydrogen) atoms. The van der Waals surface area contributed by atoms with Gasteiger partial charge >= 0.3 is 0 Å². The number of hydrogen-bond acceptors (Lipinski definition) is 8. The molecule has 2 aromatic rings. The molecule has 0 saturated carbocycles. The van der Waals surface area contributed by atoms with E-state index in [-0.39, 0.29) is 5.95 Å². The Bertz CT molecular complexity index is 527. The summed E-state index contributed by atoms with van der Waals surface area (Å²) in [7, 11) is 1.52. The van der Waals surface area contributed by atoms with Crippen LogP contribution in [0.5, 0.6) is 5.88 Å². The number of aromatic nitrogens is 4. The van der Waals surface area contributed by atoms with Gasteiger partial charge in [0.25, 0.3) is 0 Å². The number of anilines is 2. The normalized spacial score (nSPS) is 10.3. The fourth-order valence-electron chi connectivity index (χ4n) is 1.38. The number of methoxy groups -OCH3 is 1. The van der Waals surface area contributed by atoms with Crippen molar-refractivity contribution in [3.63, 3.8) is 0 Å². The zero-order valence-electron chi connectivity index (χ0n) is 10.2. The van der Waals surface area contributed by atoms with E-state index in [0.717, 1.165) is 0 Å². The Morgan fingerprint density at radius 2 is 2.22 bits per heavy atom. The molecule has 0 amide bonds. The Morgan fingerprint density at radius 3 is 2.89 bits per heavy atom. The third-order valence-corrected chi connectivity index (χ3v) is 2.15. The average Bonchev–Trinajstić information content (AvgIpc) is 2.74. The van der Waals surface area contributed by atoms with Gasteiger partial charge in [-0.15, -0.1) is 0 Å². The first-order valence-corrected chi connectivity index (χ1v) is 5.39. The van der Waals surface area contributed by atoms with Crippen LogP contribution in [0.1, 0.15) is 11.7 Å². The molecule has 8 heteroatoms. The minimum Gasteiger partial charge on any atom is -0.481 e. The van der Waals surface area contributed by atoms with E-state index in [4.69, 9.17) is 15.0 Å². The summed E-state index contributed by atoms with van der Waals surface area (Å²) >= 11 is 0. The van der Waals surface area contributed by atoms with Crippen LogP contribution in [0.25, 0.3) is 0 Å². The van der Waals surface area contributed by atoms with Crippen LogP contribution < -0.4 is 15.8 Å². The van der Waals surface area contributed by atoms with E-state index in [9.17, 15) is 0 Å². The molecule has 0 saturated heterocycles. The number of nitrogens with zero attached hydrogens (tertiary/aromatic N) is 4. The fourth-order valence-corrected chi connectivity index (χ4v) is 1.38. The van der Waals surface area contributed by atoms with E-state index in [1.54, 1.807) is 13.0 Å². The van der Waals surface area contributed by atoms with Crippen LogP contribution in [0.15, 0.2) is 10.6 Å². The predicted molar refractivity (Wildman–Crippen MR) is 64.2 cm³/mol. The second kappa shape index (κ2) is 5.30. The summed E-state index contributed by atoms with van der Waals surface area (Å²) < 4.78 is 9.86. The number of rotatable bonds is 5. The van der Waals surface area contributed by atoms with Gasteiger partial charge in [0, 0.05) is 26.0 Å². The maximum Gasteiger partial charge on any atom is 0.225 e. The molecule has 8 nitrogen and oxygen atoms in total. The fraction of sp³-hybridized carbons (Fsp3) is 0.400. The predicted octanol–water partition coefficient (Wildman–Crippen LogP) is 0.413. The van der Waals surface area contributed by atoms with E-state index in [2.05, 4.69) is 25.4 Å². The van der Waals surface area contributed by atoms with Crippen LogP contribution in [-0.4, -0.2) is 33.8 Å². The molecule has 0 aliphatic heterocycles. The molecule has 0 bridgehead atoms. The highest BCUT2D eigenvalue weighted by molar-refractivity contribution is 5.42. The molecule has 2 aromatic heterocycles. The van der Waals surface area contributed by atoms with Crippen molar-refractivity contribution >= 4 is 11.8 Å². The lowest BCUT2D eigenvalue weighted by molar-refractivity contribution is 0.387. The number of nitrogen functional groups attached to an aromatic ring is 1. The summed E-state index contributed by atoms with van der Waals surface area (Å²) in [6, 6.07) is 1.66. The number of nitrogens with two attached hydrogens (primary N) is 1. The van der Waals surface area contributed by atoms with Crippen LogP contribution in [-0.2, 0) is 6.42 Å². The molecule has 0 aliphatic carbocycles. The molecule has 0 atom stereocenters. The van der Waals surface area contributed by atoms with Crippen molar-refractivity contribution in [3.8, 4) is 5.88 Å². The summed E-state index contributed by atoms with van der Waals surface area (Å²) in [4.78, 5) is 12.0. The Balaban J connectivity index is 1.91. The van der Waals surface area contributed by atoms with Crippen LogP contribution in [0, 0.1) is 6.92 Å². The lowest BCUT2D eigenvalue weighted by Gasteiger charge is -2.06. The second-order valence-electron chi connectivity index (χ2n) is 3.56. The van der Waals surface area contributed by atoms with Crippen LogP contribution in [0.3, 0.4) is 0 Å². The molecule has 0 spiro atoms. The van der Waals surface area contributed by atoms with Gasteiger partial charge in [-0.1, -0.05) is 5.16 Å². The molecular weight excluding hydrogens is 236 g/mol. The highest BCUT2D eigenvalue weighted by Crippen LogP contribution is 2.13. The third-order valence-electron chi connectivity index (χ3n) is 2.15. The first-order chi connectivity index (χ1) is 8.67. The summed E-state index contributed by atoms with van der Waals surface area (Å²) in [6.07, 6.45) is 0.629. The van der Waals surface area contributed by atoms with Gasteiger partial charge in [0.05, 0.1) is 7.11 Å². The molecule has 0 unspecified atom stereocenters. The van der Waals surface area contributed by atoms with E-state index in [0.29, 0.717) is 36.4 Å². The van der Waals surface area contributed by atoms with Gasteiger partial charge in [-0.25, -0.2) is 0 Å². The lowest BCUT2D eigenvalue weighted by Crippen LogP contribution is -2.09. The van der Waals surface area contributed by atoms with Crippen molar-refractivity contribution in [1.29, 1.82) is 0 Å². The van der Waals surface area contributed by atoms with Gasteiger partial charge < -0.3 is 20.3 Å². The molecule has 0 aromatic carbocycles. The van der Waals surface area contributed by atoms with Crippen molar-refractivity contribution in [2.45, 2.75) is 13.3 Å². The Hall–Kier alpha value is -2.38. The molecule has 0 fully saturated rings. The van der Waals surface area contributed by atoms with Gasteiger partial charge in [0.2, 0.25) is 17.7 Å². The highest BCUT2D eigenvalue weighted by Gasteiger charge is 2.04. The largest absolute Gasteiger partial charge is 0.481 e. The summed E-state index contributed by atoms with van der Waals surface area (Å²) in [5, 5.41) is 6.88. The first-order valence-electron chi connectivity index (χ1n) is 5.39. The van der Waals surface area contributed by atoms with E-state index < -0.39 is 0 Å². The molecule has 2 heterocycles. The van der Waals surface area contributed by atoms with Crippen LogP contribution >= 0.6 is 0 Å². The van der Waals surface area contributed by atoms with E-state index in [1.807, 2.05) is 0 Å². The van der Waals surface area contributed by atoms with Crippen molar-refractivity contribution in [3.05, 3.63) is 17.8 Å². The SMILES string of the molecule is COc1cc(NCCc2noc(C)n2)nc(N)n1. The molecule has 2 rings (SSSR count). The molecular formula is C10H14N6O2. The van der Waals surface area contributed by atoms with Gasteiger partial charge in [-0.3, -0.25) is 0 Å². The monoisotopic (exact) mass is 250 g/mol. The highest BCUT2D eigenvalue weighted by atomic mass is 16.5. The lowest BCUT2D eigenvalue weighted by atomic mass is 10.4. The Morgan fingerprint density at radius 1 is 1.39 bits per heavy atom. The summed E-state index contributed by atoms with van der Waals surface area (Å²) in [5.41, 5.74) is 5.54. The van der Waals surface area contributed by atoms with Gasteiger partial charge in [0.1, 0.15) is 5.82 Å². The van der Waals surface area contributed by atoms with E-state index in [1.165, 1.54) is 7.11 Å². The standard InChI is InChI=1S/C10H14N6O2/c1-6-13-7(16-18-6)3-4-12-8-5-9(17-2)15-10(11)14-8/h5H,3-4H2,1-2H3,(H3,11,12,14,15). The van der Waals surface area contributed by atoms with Crippen molar-refractivity contribution in [2.75, 3.05) is 24.7 Å². The van der Waals surface area contributed by atoms with Gasteiger partial charge in [-0.2, -0.15) is 15.0 Å². The first kappa shape index (κ1) is 12.1. The number of hydrogen-bond donors (Lipinski definition) is 2. The third kappa shape index (κ3) is 3.06. The number of nitrogens with one attached hydrogen (secondary N) is 1. The van der Waals surface area contributed by atoms with Gasteiger partial charge in [0.15, 0.2) is 5.82 Å².